The fourth-order valence-electron chi connectivity index (χ4n) is 1.96. The van der Waals surface area contributed by atoms with Crippen LogP contribution < -0.4 is 10.2 Å². The van der Waals surface area contributed by atoms with Crippen LogP contribution in [0.3, 0.4) is 0 Å². The average Bonchev–Trinajstić information content (AvgIpc) is 2.28. The third-order valence-corrected chi connectivity index (χ3v) is 3.23. The summed E-state index contributed by atoms with van der Waals surface area (Å²) in [6.07, 6.45) is 0.808. The number of aliphatic hydroxyl groups is 1. The standard InChI is InChI=1S/C14H23BrN2O/c1-4-7-16-9-12-8-13(15)5-6-14(12)17(3)10-11(2)18/h5-6,8,11,16,18H,4,7,9-10H2,1-3H3. The van der Waals surface area contributed by atoms with Crippen molar-refractivity contribution in [3.63, 3.8) is 0 Å². The minimum Gasteiger partial charge on any atom is -0.392 e. The number of likely N-dealkylation sites (N-methyl/N-ethyl adjacent to an activating group) is 1. The summed E-state index contributed by atoms with van der Waals surface area (Å²) in [5, 5.41) is 12.9. The molecule has 0 aliphatic carbocycles. The van der Waals surface area contributed by atoms with E-state index < -0.39 is 0 Å². The van der Waals surface area contributed by atoms with Crippen LogP contribution in [-0.2, 0) is 6.54 Å². The van der Waals surface area contributed by atoms with E-state index in [1.165, 1.54) is 11.3 Å². The third-order valence-electron chi connectivity index (χ3n) is 2.73. The fourth-order valence-corrected chi connectivity index (χ4v) is 2.37. The van der Waals surface area contributed by atoms with Crippen molar-refractivity contribution in [2.24, 2.45) is 0 Å². The summed E-state index contributed by atoms with van der Waals surface area (Å²) in [5.74, 6) is 0. The lowest BCUT2D eigenvalue weighted by molar-refractivity contribution is 0.201. The quantitative estimate of drug-likeness (QED) is 0.760. The number of nitrogens with one attached hydrogen (secondary N) is 1. The Hall–Kier alpha value is -0.580. The van der Waals surface area contributed by atoms with E-state index in [4.69, 9.17) is 0 Å². The van der Waals surface area contributed by atoms with Gasteiger partial charge in [-0.15, -0.1) is 0 Å². The number of aliphatic hydroxyl groups excluding tert-OH is 1. The van der Waals surface area contributed by atoms with Crippen LogP contribution in [0.1, 0.15) is 25.8 Å². The maximum atomic E-state index is 9.48. The number of hydrogen-bond acceptors (Lipinski definition) is 3. The molecule has 0 bridgehead atoms. The molecule has 0 saturated carbocycles. The maximum Gasteiger partial charge on any atom is 0.0686 e. The lowest BCUT2D eigenvalue weighted by atomic mass is 10.1. The number of nitrogens with zero attached hydrogens (tertiary/aromatic N) is 1. The summed E-state index contributed by atoms with van der Waals surface area (Å²) in [4.78, 5) is 2.10. The number of hydrogen-bond donors (Lipinski definition) is 2. The molecule has 0 spiro atoms. The lowest BCUT2D eigenvalue weighted by Gasteiger charge is -2.24. The predicted molar refractivity (Wildman–Crippen MR) is 81.1 cm³/mol. The summed E-state index contributed by atoms with van der Waals surface area (Å²) >= 11 is 3.51. The van der Waals surface area contributed by atoms with Crippen molar-refractivity contribution in [3.8, 4) is 0 Å². The van der Waals surface area contributed by atoms with Gasteiger partial charge in [0.25, 0.3) is 0 Å². The van der Waals surface area contributed by atoms with Gasteiger partial charge >= 0.3 is 0 Å². The van der Waals surface area contributed by atoms with Gasteiger partial charge in [0.15, 0.2) is 0 Å². The molecule has 0 aromatic heterocycles. The minimum atomic E-state index is -0.324. The zero-order chi connectivity index (χ0) is 13.5. The van der Waals surface area contributed by atoms with E-state index >= 15 is 0 Å². The first-order chi connectivity index (χ1) is 8.54. The number of anilines is 1. The van der Waals surface area contributed by atoms with Crippen LogP contribution in [0, 0.1) is 0 Å². The molecule has 1 atom stereocenters. The molecule has 0 radical (unpaired) electrons. The van der Waals surface area contributed by atoms with Crippen LogP contribution in [0.5, 0.6) is 0 Å². The van der Waals surface area contributed by atoms with Crippen LogP contribution in [0.15, 0.2) is 22.7 Å². The van der Waals surface area contributed by atoms with Crippen LogP contribution in [0.4, 0.5) is 5.69 Å². The highest BCUT2D eigenvalue weighted by molar-refractivity contribution is 9.10. The van der Waals surface area contributed by atoms with E-state index in [1.807, 2.05) is 20.0 Å². The molecule has 0 heterocycles. The molecule has 2 N–H and O–H groups in total. The Morgan fingerprint density at radius 1 is 1.44 bits per heavy atom. The summed E-state index contributed by atoms with van der Waals surface area (Å²) in [6, 6.07) is 6.27. The molecule has 0 amide bonds. The van der Waals surface area contributed by atoms with E-state index in [0.717, 1.165) is 24.0 Å². The number of benzene rings is 1. The van der Waals surface area contributed by atoms with Crippen molar-refractivity contribution in [2.45, 2.75) is 32.9 Å². The Kier molecular flexibility index (Phi) is 6.68. The fraction of sp³-hybridized carbons (Fsp3) is 0.571. The van der Waals surface area contributed by atoms with Crippen LogP contribution >= 0.6 is 15.9 Å². The van der Waals surface area contributed by atoms with Crippen molar-refractivity contribution in [2.75, 3.05) is 25.0 Å². The second kappa shape index (κ2) is 7.77. The van der Waals surface area contributed by atoms with E-state index in [-0.39, 0.29) is 6.10 Å². The molecule has 4 heteroatoms. The van der Waals surface area contributed by atoms with Crippen molar-refractivity contribution >= 4 is 21.6 Å². The van der Waals surface area contributed by atoms with Gasteiger partial charge in [-0.25, -0.2) is 0 Å². The van der Waals surface area contributed by atoms with Crippen molar-refractivity contribution < 1.29 is 5.11 Å². The van der Waals surface area contributed by atoms with Crippen LogP contribution in [-0.4, -0.2) is 31.3 Å². The maximum absolute atomic E-state index is 9.48. The average molecular weight is 315 g/mol. The van der Waals surface area contributed by atoms with Gasteiger partial charge in [-0.3, -0.25) is 0 Å². The first-order valence-corrected chi connectivity index (χ1v) is 7.22. The van der Waals surface area contributed by atoms with E-state index in [1.54, 1.807) is 0 Å². The van der Waals surface area contributed by atoms with E-state index in [0.29, 0.717) is 6.54 Å². The smallest absolute Gasteiger partial charge is 0.0686 e. The number of rotatable bonds is 7. The normalized spacial score (nSPS) is 12.5. The second-order valence-corrected chi connectivity index (χ2v) is 5.60. The van der Waals surface area contributed by atoms with Gasteiger partial charge in [0.1, 0.15) is 0 Å². The Balaban J connectivity index is 2.81. The van der Waals surface area contributed by atoms with E-state index in [9.17, 15) is 5.11 Å². The van der Waals surface area contributed by atoms with Gasteiger partial charge in [-0.1, -0.05) is 22.9 Å². The molecule has 1 aromatic carbocycles. The molecule has 1 rings (SSSR count). The first-order valence-electron chi connectivity index (χ1n) is 6.43. The Morgan fingerprint density at radius 2 is 2.17 bits per heavy atom. The monoisotopic (exact) mass is 314 g/mol. The Morgan fingerprint density at radius 3 is 2.78 bits per heavy atom. The predicted octanol–water partition coefficient (Wildman–Crippen LogP) is 2.77. The zero-order valence-corrected chi connectivity index (χ0v) is 13.0. The van der Waals surface area contributed by atoms with Crippen molar-refractivity contribution in [1.29, 1.82) is 0 Å². The van der Waals surface area contributed by atoms with Crippen LogP contribution in [0.25, 0.3) is 0 Å². The van der Waals surface area contributed by atoms with Gasteiger partial charge in [-0.05, 0) is 43.7 Å². The highest BCUT2D eigenvalue weighted by Crippen LogP contribution is 2.24. The van der Waals surface area contributed by atoms with Gasteiger partial charge in [-0.2, -0.15) is 0 Å². The summed E-state index contributed by atoms with van der Waals surface area (Å²) in [7, 11) is 2.01. The summed E-state index contributed by atoms with van der Waals surface area (Å²) in [6.45, 7) is 6.49. The van der Waals surface area contributed by atoms with Crippen LogP contribution in [0.2, 0.25) is 0 Å². The molecular weight excluding hydrogens is 292 g/mol. The molecule has 18 heavy (non-hydrogen) atoms. The molecule has 0 fully saturated rings. The van der Waals surface area contributed by atoms with Gasteiger partial charge in [0, 0.05) is 30.3 Å². The van der Waals surface area contributed by atoms with Crippen molar-refractivity contribution in [1.82, 2.24) is 5.32 Å². The molecular formula is C14H23BrN2O. The van der Waals surface area contributed by atoms with E-state index in [2.05, 4.69) is 45.2 Å². The molecule has 0 saturated heterocycles. The first kappa shape index (κ1) is 15.5. The zero-order valence-electron chi connectivity index (χ0n) is 11.4. The van der Waals surface area contributed by atoms with Gasteiger partial charge in [0.05, 0.1) is 6.10 Å². The highest BCUT2D eigenvalue weighted by Gasteiger charge is 2.09. The summed E-state index contributed by atoms with van der Waals surface area (Å²) in [5.41, 5.74) is 2.42. The van der Waals surface area contributed by atoms with Gasteiger partial charge < -0.3 is 15.3 Å². The SMILES string of the molecule is CCCNCc1cc(Br)ccc1N(C)CC(C)O. The number of halogens is 1. The molecule has 102 valence electrons. The topological polar surface area (TPSA) is 35.5 Å². The molecule has 1 unspecified atom stereocenters. The van der Waals surface area contributed by atoms with Crippen molar-refractivity contribution in [3.05, 3.63) is 28.2 Å². The van der Waals surface area contributed by atoms with Gasteiger partial charge in [0.2, 0.25) is 0 Å². The Bertz CT molecular complexity index is 369. The molecule has 0 aliphatic rings. The minimum absolute atomic E-state index is 0.324. The third kappa shape index (κ3) is 4.96. The molecule has 1 aromatic rings. The summed E-state index contributed by atoms with van der Waals surface area (Å²) < 4.78 is 1.09. The highest BCUT2D eigenvalue weighted by atomic mass is 79.9. The second-order valence-electron chi connectivity index (χ2n) is 4.68. The molecule has 3 nitrogen and oxygen atoms in total. The largest absolute Gasteiger partial charge is 0.392 e. The lowest BCUT2D eigenvalue weighted by Crippen LogP contribution is -2.28. The molecule has 0 aliphatic heterocycles. The Labute approximate surface area is 118 Å².